The summed E-state index contributed by atoms with van der Waals surface area (Å²) in [5.41, 5.74) is 15.5. The molecule has 3 heteroatoms. The van der Waals surface area contributed by atoms with Crippen LogP contribution in [0, 0.1) is 0 Å². The number of furan rings is 1. The van der Waals surface area contributed by atoms with E-state index in [2.05, 4.69) is 228 Å². The molecule has 10 aromatic carbocycles. The second-order valence-electron chi connectivity index (χ2n) is 15.6. The quantitative estimate of drug-likeness (QED) is 0.161. The minimum atomic E-state index is 0.888. The minimum absolute atomic E-state index is 0.888. The second kappa shape index (κ2) is 14.3. The van der Waals surface area contributed by atoms with E-state index in [-0.39, 0.29) is 0 Å². The Bertz CT molecular complexity index is 3550. The summed E-state index contributed by atoms with van der Waals surface area (Å²) in [5, 5.41) is 7.20. The zero-order valence-corrected chi connectivity index (χ0v) is 33.2. The van der Waals surface area contributed by atoms with Crippen LogP contribution in [0.5, 0.6) is 0 Å². The molecular formula is C58H38N2O. The van der Waals surface area contributed by atoms with Gasteiger partial charge in [-0.25, -0.2) is 0 Å². The maximum atomic E-state index is 6.34. The van der Waals surface area contributed by atoms with Gasteiger partial charge in [-0.05, 0) is 93.7 Å². The fourth-order valence-electron chi connectivity index (χ4n) is 9.50. The third-order valence-electron chi connectivity index (χ3n) is 12.2. The molecule has 0 saturated carbocycles. The summed E-state index contributed by atoms with van der Waals surface area (Å²) in [6.45, 7) is 0. The largest absolute Gasteiger partial charge is 0.456 e. The van der Waals surface area contributed by atoms with Crippen molar-refractivity contribution in [3.63, 3.8) is 0 Å². The van der Waals surface area contributed by atoms with Crippen LogP contribution in [0.25, 0.3) is 93.6 Å². The Hall–Kier alpha value is -8.14. The zero-order chi connectivity index (χ0) is 40.3. The van der Waals surface area contributed by atoms with Crippen LogP contribution in [0.4, 0.5) is 17.1 Å². The van der Waals surface area contributed by atoms with Gasteiger partial charge in [-0.1, -0.05) is 170 Å². The first-order chi connectivity index (χ1) is 30.3. The molecule has 286 valence electrons. The van der Waals surface area contributed by atoms with Gasteiger partial charge in [-0.15, -0.1) is 0 Å². The molecule has 0 spiro atoms. The first kappa shape index (κ1) is 34.9. The number of rotatable bonds is 7. The maximum absolute atomic E-state index is 6.34. The van der Waals surface area contributed by atoms with Crippen molar-refractivity contribution in [2.24, 2.45) is 0 Å². The molecule has 12 rings (SSSR count). The average molecular weight is 779 g/mol. The van der Waals surface area contributed by atoms with Gasteiger partial charge in [0.25, 0.3) is 0 Å². The van der Waals surface area contributed by atoms with Crippen LogP contribution in [0.15, 0.2) is 235 Å². The Balaban J connectivity index is 1.04. The monoisotopic (exact) mass is 778 g/mol. The molecule has 0 aliphatic heterocycles. The SMILES string of the molecule is c1cc(-c2cccc3oc4ccccc4c23)cc(N(c2ccc(-c3ccccc3-n3c4ccccc4c4ccccc43)cc2)c2ccccc2-c2cccc3ccccc23)c1. The molecule has 0 aliphatic rings. The number of hydrogen-bond donors (Lipinski definition) is 0. The lowest BCUT2D eigenvalue weighted by atomic mass is 9.95. The summed E-state index contributed by atoms with van der Waals surface area (Å²) in [7, 11) is 0. The van der Waals surface area contributed by atoms with Crippen molar-refractivity contribution in [1.29, 1.82) is 0 Å². The molecular weight excluding hydrogens is 741 g/mol. The number of benzene rings is 10. The highest BCUT2D eigenvalue weighted by molar-refractivity contribution is 6.13. The molecule has 0 amide bonds. The van der Waals surface area contributed by atoms with Gasteiger partial charge in [0.2, 0.25) is 0 Å². The number of para-hydroxylation sites is 5. The van der Waals surface area contributed by atoms with Crippen LogP contribution < -0.4 is 4.90 Å². The Morgan fingerprint density at radius 3 is 1.74 bits per heavy atom. The van der Waals surface area contributed by atoms with Crippen LogP contribution in [-0.2, 0) is 0 Å². The van der Waals surface area contributed by atoms with Gasteiger partial charge in [-0.2, -0.15) is 0 Å². The number of anilines is 3. The van der Waals surface area contributed by atoms with Crippen LogP contribution in [-0.4, -0.2) is 4.57 Å². The van der Waals surface area contributed by atoms with Gasteiger partial charge in [0.05, 0.1) is 22.4 Å². The van der Waals surface area contributed by atoms with E-state index in [1.165, 1.54) is 43.7 Å². The molecule has 61 heavy (non-hydrogen) atoms. The van der Waals surface area contributed by atoms with E-state index in [1.54, 1.807) is 0 Å². The normalized spacial score (nSPS) is 11.6. The van der Waals surface area contributed by atoms with Crippen molar-refractivity contribution < 1.29 is 4.42 Å². The topological polar surface area (TPSA) is 21.3 Å². The Morgan fingerprint density at radius 2 is 0.918 bits per heavy atom. The molecule has 12 aromatic rings. The lowest BCUT2D eigenvalue weighted by Gasteiger charge is -2.29. The van der Waals surface area contributed by atoms with E-state index in [9.17, 15) is 0 Å². The second-order valence-corrected chi connectivity index (χ2v) is 15.6. The maximum Gasteiger partial charge on any atom is 0.136 e. The fourth-order valence-corrected chi connectivity index (χ4v) is 9.50. The summed E-state index contributed by atoms with van der Waals surface area (Å²) < 4.78 is 8.75. The van der Waals surface area contributed by atoms with Crippen molar-refractivity contribution in [2.75, 3.05) is 4.90 Å². The van der Waals surface area contributed by atoms with E-state index in [4.69, 9.17) is 4.42 Å². The molecule has 3 nitrogen and oxygen atoms in total. The third-order valence-corrected chi connectivity index (χ3v) is 12.2. The van der Waals surface area contributed by atoms with Crippen LogP contribution in [0.3, 0.4) is 0 Å². The summed E-state index contributed by atoms with van der Waals surface area (Å²) in [4.78, 5) is 2.41. The predicted octanol–water partition coefficient (Wildman–Crippen LogP) is 16.3. The first-order valence-electron chi connectivity index (χ1n) is 20.8. The smallest absolute Gasteiger partial charge is 0.136 e. The summed E-state index contributed by atoms with van der Waals surface area (Å²) in [6.07, 6.45) is 0. The zero-order valence-electron chi connectivity index (χ0n) is 33.2. The van der Waals surface area contributed by atoms with E-state index >= 15 is 0 Å². The summed E-state index contributed by atoms with van der Waals surface area (Å²) in [5.74, 6) is 0. The Kier molecular flexibility index (Phi) is 8.17. The molecule has 0 atom stereocenters. The standard InChI is InChI=1S/C58H38N2O/c1-2-20-44-39(16-1)17-14-27-47(44)48-22-4-9-29-53(48)59(43-19-13-18-41(38-43)46-26-15-33-57-58(46)51-25-7-12-32-56(51)61-57)42-36-34-40(35-37-42)45-21-3-8-28-52(45)60-54-30-10-5-23-49(54)50-24-6-11-31-55(50)60/h1-38H. The van der Waals surface area contributed by atoms with Crippen LogP contribution in [0.1, 0.15) is 0 Å². The highest BCUT2D eigenvalue weighted by atomic mass is 16.3. The number of hydrogen-bond acceptors (Lipinski definition) is 2. The van der Waals surface area contributed by atoms with Crippen molar-refractivity contribution in [3.05, 3.63) is 231 Å². The van der Waals surface area contributed by atoms with Gasteiger partial charge in [0, 0.05) is 44.0 Å². The Morgan fingerprint density at radius 1 is 0.344 bits per heavy atom. The molecule has 0 radical (unpaired) electrons. The molecule has 0 bridgehead atoms. The molecule has 0 unspecified atom stereocenters. The molecule has 0 saturated heterocycles. The Labute approximate surface area is 353 Å². The van der Waals surface area contributed by atoms with Gasteiger partial charge >= 0.3 is 0 Å². The van der Waals surface area contributed by atoms with Crippen LogP contribution >= 0.6 is 0 Å². The van der Waals surface area contributed by atoms with Crippen molar-refractivity contribution >= 4 is 71.6 Å². The first-order valence-corrected chi connectivity index (χ1v) is 20.8. The predicted molar refractivity (Wildman–Crippen MR) is 257 cm³/mol. The van der Waals surface area contributed by atoms with Gasteiger partial charge < -0.3 is 13.9 Å². The number of aromatic nitrogens is 1. The lowest BCUT2D eigenvalue weighted by Crippen LogP contribution is -2.11. The lowest BCUT2D eigenvalue weighted by molar-refractivity contribution is 0.669. The van der Waals surface area contributed by atoms with Crippen LogP contribution in [0.2, 0.25) is 0 Å². The van der Waals surface area contributed by atoms with Crippen molar-refractivity contribution in [3.8, 4) is 39.1 Å². The molecule has 2 aromatic heterocycles. The van der Waals surface area contributed by atoms with E-state index < -0.39 is 0 Å². The van der Waals surface area contributed by atoms with Crippen molar-refractivity contribution in [2.45, 2.75) is 0 Å². The minimum Gasteiger partial charge on any atom is -0.456 e. The van der Waals surface area contributed by atoms with Gasteiger partial charge in [0.15, 0.2) is 0 Å². The average Bonchev–Trinajstić information content (AvgIpc) is 3.88. The van der Waals surface area contributed by atoms with E-state index in [0.29, 0.717) is 0 Å². The highest BCUT2D eigenvalue weighted by Crippen LogP contribution is 2.45. The van der Waals surface area contributed by atoms with Gasteiger partial charge in [0.1, 0.15) is 11.2 Å². The number of fused-ring (bicyclic) bond motifs is 7. The molecule has 0 N–H and O–H groups in total. The molecule has 2 heterocycles. The molecule has 0 aliphatic carbocycles. The summed E-state index contributed by atoms with van der Waals surface area (Å²) >= 11 is 0. The van der Waals surface area contributed by atoms with Gasteiger partial charge in [-0.3, -0.25) is 0 Å². The third kappa shape index (κ3) is 5.74. The van der Waals surface area contributed by atoms with Crippen molar-refractivity contribution in [1.82, 2.24) is 4.57 Å². The molecule has 0 fully saturated rings. The highest BCUT2D eigenvalue weighted by Gasteiger charge is 2.21. The van der Waals surface area contributed by atoms with E-state index in [0.717, 1.165) is 66.9 Å². The summed E-state index contributed by atoms with van der Waals surface area (Å²) in [6, 6.07) is 83.0. The number of nitrogens with zero attached hydrogens (tertiary/aromatic N) is 2. The fraction of sp³-hybridized carbons (Fsp3) is 0. The van der Waals surface area contributed by atoms with E-state index in [1.807, 2.05) is 12.1 Å².